The minimum absolute atomic E-state index is 0.285. The zero-order valence-corrected chi connectivity index (χ0v) is 11.7. The Labute approximate surface area is 113 Å². The number of aromatic nitrogens is 1. The van der Waals surface area contributed by atoms with E-state index in [9.17, 15) is 9.59 Å². The van der Waals surface area contributed by atoms with E-state index in [-0.39, 0.29) is 6.09 Å². The Kier molecular flexibility index (Phi) is 3.64. The Morgan fingerprint density at radius 3 is 2.79 bits per heavy atom. The van der Waals surface area contributed by atoms with Crippen molar-refractivity contribution in [2.24, 2.45) is 0 Å². The van der Waals surface area contributed by atoms with Gasteiger partial charge in [0.15, 0.2) is 6.29 Å². The molecule has 0 saturated heterocycles. The Balaban J connectivity index is 2.06. The van der Waals surface area contributed by atoms with Crippen molar-refractivity contribution in [3.05, 3.63) is 23.5 Å². The molecule has 5 heteroatoms. The van der Waals surface area contributed by atoms with Crippen molar-refractivity contribution in [3.63, 3.8) is 0 Å². The molecule has 0 atom stereocenters. The maximum Gasteiger partial charge on any atom is 0.410 e. The first kappa shape index (κ1) is 13.6. The molecule has 0 spiro atoms. The lowest BCUT2D eigenvalue weighted by molar-refractivity contribution is 0.00691. The summed E-state index contributed by atoms with van der Waals surface area (Å²) in [6, 6.07) is 3.67. The van der Waals surface area contributed by atoms with Gasteiger partial charge in [-0.1, -0.05) is 6.92 Å². The van der Waals surface area contributed by atoms with Gasteiger partial charge in [-0.25, -0.2) is 4.79 Å². The Hall–Kier alpha value is -1.78. The van der Waals surface area contributed by atoms with Crippen LogP contribution in [0.15, 0.2) is 12.1 Å². The van der Waals surface area contributed by atoms with Gasteiger partial charge in [0.25, 0.3) is 0 Å². The van der Waals surface area contributed by atoms with Crippen LogP contribution in [0.5, 0.6) is 0 Å². The third kappa shape index (κ3) is 2.80. The second-order valence-corrected chi connectivity index (χ2v) is 5.42. The highest BCUT2D eigenvalue weighted by Crippen LogP contribution is 2.20. The molecule has 1 aromatic heterocycles. The van der Waals surface area contributed by atoms with E-state index in [0.717, 1.165) is 18.4 Å². The van der Waals surface area contributed by atoms with Crippen molar-refractivity contribution in [1.82, 2.24) is 9.47 Å². The van der Waals surface area contributed by atoms with E-state index in [1.807, 2.05) is 31.4 Å². The van der Waals surface area contributed by atoms with Crippen LogP contribution < -0.4 is 0 Å². The molecular weight excluding hydrogens is 244 g/mol. The quantitative estimate of drug-likeness (QED) is 0.788. The zero-order chi connectivity index (χ0) is 14.0. The van der Waals surface area contributed by atoms with Crippen molar-refractivity contribution < 1.29 is 14.3 Å². The Bertz CT molecular complexity index is 491. The summed E-state index contributed by atoms with van der Waals surface area (Å²) in [6.07, 6.45) is 1.34. The van der Waals surface area contributed by atoms with Crippen LogP contribution in [-0.2, 0) is 17.8 Å². The molecule has 0 unspecified atom stereocenters. The van der Waals surface area contributed by atoms with Gasteiger partial charge in [-0.2, -0.15) is 0 Å². The summed E-state index contributed by atoms with van der Waals surface area (Å²) in [5.41, 5.74) is 1.20. The Morgan fingerprint density at radius 2 is 2.16 bits per heavy atom. The monoisotopic (exact) mass is 264 g/mol. The number of carbonyl (C=O) groups is 2. The highest BCUT2D eigenvalue weighted by Gasteiger charge is 2.27. The second kappa shape index (κ2) is 5.07. The summed E-state index contributed by atoms with van der Waals surface area (Å²) >= 11 is 0. The predicted octanol–water partition coefficient (Wildman–Crippen LogP) is 2.44. The van der Waals surface area contributed by atoms with Crippen LogP contribution >= 0.6 is 0 Å². The van der Waals surface area contributed by atoms with Gasteiger partial charge in [0.1, 0.15) is 5.60 Å². The van der Waals surface area contributed by atoms with Crippen LogP contribution in [-0.4, -0.2) is 34.0 Å². The van der Waals surface area contributed by atoms with Crippen molar-refractivity contribution in [1.29, 1.82) is 0 Å². The van der Waals surface area contributed by atoms with Crippen LogP contribution in [0.1, 0.15) is 43.4 Å². The molecular formula is C14H20N2O3. The summed E-state index contributed by atoms with van der Waals surface area (Å²) in [7, 11) is 0. The van der Waals surface area contributed by atoms with Crippen LogP contribution in [0.3, 0.4) is 0 Å². The summed E-state index contributed by atoms with van der Waals surface area (Å²) in [6.45, 7) is 7.50. The fraction of sp³-hybridized carbons (Fsp3) is 0.571. The first-order valence-corrected chi connectivity index (χ1v) is 6.58. The lowest BCUT2D eigenvalue weighted by Gasteiger charge is -2.32. The molecule has 0 N–H and O–H groups in total. The largest absolute Gasteiger partial charge is 0.443 e. The van der Waals surface area contributed by atoms with Crippen LogP contribution in [0.4, 0.5) is 4.79 Å². The third-order valence-electron chi connectivity index (χ3n) is 3.65. The lowest BCUT2D eigenvalue weighted by Crippen LogP contribution is -2.42. The molecule has 0 saturated carbocycles. The van der Waals surface area contributed by atoms with Gasteiger partial charge in [0.05, 0.1) is 12.2 Å². The Morgan fingerprint density at radius 1 is 1.42 bits per heavy atom. The lowest BCUT2D eigenvalue weighted by atomic mass is 10.1. The molecule has 1 amide bonds. The molecule has 0 aliphatic carbocycles. The standard InChI is InChI=1S/C14H20N2O3/c1-4-14(2,3)19-13(18)15-7-8-16-11(9-15)5-6-12(16)10-17/h5-6,10H,4,7-9H2,1-3H3. The smallest absolute Gasteiger partial charge is 0.410 e. The van der Waals surface area contributed by atoms with E-state index in [4.69, 9.17) is 4.74 Å². The number of aldehydes is 1. The molecule has 0 fully saturated rings. The highest BCUT2D eigenvalue weighted by atomic mass is 16.6. The van der Waals surface area contributed by atoms with Gasteiger partial charge < -0.3 is 14.2 Å². The minimum Gasteiger partial charge on any atom is -0.443 e. The fourth-order valence-electron chi connectivity index (χ4n) is 2.07. The van der Waals surface area contributed by atoms with Crippen molar-refractivity contribution >= 4 is 12.4 Å². The number of amides is 1. The maximum absolute atomic E-state index is 12.1. The number of hydrogen-bond acceptors (Lipinski definition) is 3. The normalized spacial score (nSPS) is 15.0. The summed E-state index contributed by atoms with van der Waals surface area (Å²) in [4.78, 5) is 24.6. The molecule has 0 radical (unpaired) electrons. The fourth-order valence-corrected chi connectivity index (χ4v) is 2.07. The van der Waals surface area contributed by atoms with Crippen molar-refractivity contribution in [2.75, 3.05) is 6.54 Å². The zero-order valence-electron chi connectivity index (χ0n) is 11.7. The molecule has 0 bridgehead atoms. The number of hydrogen-bond donors (Lipinski definition) is 0. The van der Waals surface area contributed by atoms with E-state index < -0.39 is 5.60 Å². The van der Waals surface area contributed by atoms with Gasteiger partial charge in [0.2, 0.25) is 0 Å². The van der Waals surface area contributed by atoms with E-state index in [2.05, 4.69) is 0 Å². The third-order valence-corrected chi connectivity index (χ3v) is 3.65. The number of ether oxygens (including phenoxy) is 1. The number of nitrogens with zero attached hydrogens (tertiary/aromatic N) is 2. The van der Waals surface area contributed by atoms with Gasteiger partial charge in [-0.3, -0.25) is 4.79 Å². The number of rotatable bonds is 3. The topological polar surface area (TPSA) is 51.5 Å². The van der Waals surface area contributed by atoms with Crippen molar-refractivity contribution in [3.8, 4) is 0 Å². The molecule has 5 nitrogen and oxygen atoms in total. The molecule has 0 aromatic carbocycles. The summed E-state index contributed by atoms with van der Waals surface area (Å²) in [5, 5.41) is 0. The van der Waals surface area contributed by atoms with E-state index in [1.54, 1.807) is 11.0 Å². The minimum atomic E-state index is -0.440. The molecule has 1 aromatic rings. The first-order chi connectivity index (χ1) is 8.96. The second-order valence-electron chi connectivity index (χ2n) is 5.42. The first-order valence-electron chi connectivity index (χ1n) is 6.58. The van der Waals surface area contributed by atoms with Gasteiger partial charge in [0, 0.05) is 18.8 Å². The summed E-state index contributed by atoms with van der Waals surface area (Å²) in [5.74, 6) is 0. The van der Waals surface area contributed by atoms with Gasteiger partial charge >= 0.3 is 6.09 Å². The predicted molar refractivity (Wildman–Crippen MR) is 71.1 cm³/mol. The maximum atomic E-state index is 12.1. The van der Waals surface area contributed by atoms with Crippen LogP contribution in [0.2, 0.25) is 0 Å². The average Bonchev–Trinajstić information content (AvgIpc) is 2.80. The molecule has 19 heavy (non-hydrogen) atoms. The SMILES string of the molecule is CCC(C)(C)OC(=O)N1CCn2c(C=O)ccc2C1. The van der Waals surface area contributed by atoms with E-state index in [1.165, 1.54) is 0 Å². The average molecular weight is 264 g/mol. The van der Waals surface area contributed by atoms with Gasteiger partial charge in [-0.15, -0.1) is 0 Å². The van der Waals surface area contributed by atoms with Gasteiger partial charge in [-0.05, 0) is 32.4 Å². The molecule has 2 rings (SSSR count). The molecule has 104 valence electrons. The molecule has 1 aliphatic rings. The molecule has 2 heterocycles. The number of carbonyl (C=O) groups excluding carboxylic acids is 2. The highest BCUT2D eigenvalue weighted by molar-refractivity contribution is 5.73. The van der Waals surface area contributed by atoms with Crippen LogP contribution in [0, 0.1) is 0 Å². The summed E-state index contributed by atoms with van der Waals surface area (Å²) < 4.78 is 7.43. The van der Waals surface area contributed by atoms with Crippen LogP contribution in [0.25, 0.3) is 0 Å². The molecule has 1 aliphatic heterocycles. The number of fused-ring (bicyclic) bond motifs is 1. The van der Waals surface area contributed by atoms with E-state index >= 15 is 0 Å². The van der Waals surface area contributed by atoms with E-state index in [0.29, 0.717) is 25.3 Å². The van der Waals surface area contributed by atoms with Crippen molar-refractivity contribution in [2.45, 2.75) is 45.9 Å².